The van der Waals surface area contributed by atoms with Gasteiger partial charge in [0.25, 0.3) is 0 Å². The van der Waals surface area contributed by atoms with Crippen molar-refractivity contribution in [3.8, 4) is 0 Å². The van der Waals surface area contributed by atoms with Gasteiger partial charge in [-0.3, -0.25) is 4.79 Å². The third-order valence-corrected chi connectivity index (χ3v) is 5.25. The molecule has 27 heavy (non-hydrogen) atoms. The Morgan fingerprint density at radius 3 is 2.93 bits per heavy atom. The number of H-pyrrole nitrogens is 1. The fraction of sp³-hybridized carbons (Fsp3) is 0.222. The maximum Gasteiger partial charge on any atom is 0.243 e. The van der Waals surface area contributed by atoms with E-state index in [2.05, 4.69) is 20.0 Å². The summed E-state index contributed by atoms with van der Waals surface area (Å²) in [5.74, 6) is -0.467. The summed E-state index contributed by atoms with van der Waals surface area (Å²) in [4.78, 5) is 19.0. The minimum atomic E-state index is -3.85. The molecule has 0 aliphatic rings. The zero-order valence-corrected chi connectivity index (χ0v) is 15.5. The second-order valence-corrected chi connectivity index (χ2v) is 7.50. The normalized spacial score (nSPS) is 11.6. The molecule has 0 aliphatic heterocycles. The molecule has 3 rings (SSSR count). The first-order chi connectivity index (χ1) is 13.0. The molecule has 1 amide bonds. The number of aromatic nitrogens is 2. The molecule has 8 nitrogen and oxygen atoms in total. The van der Waals surface area contributed by atoms with Crippen molar-refractivity contribution in [1.82, 2.24) is 14.7 Å². The smallest absolute Gasteiger partial charge is 0.243 e. The fourth-order valence-electron chi connectivity index (χ4n) is 2.56. The van der Waals surface area contributed by atoms with Gasteiger partial charge in [-0.05, 0) is 36.8 Å². The van der Waals surface area contributed by atoms with Crippen LogP contribution in [0.4, 0.5) is 5.69 Å². The summed E-state index contributed by atoms with van der Waals surface area (Å²) in [6.45, 7) is 2.57. The van der Waals surface area contributed by atoms with Gasteiger partial charge in [-0.25, -0.2) is 18.1 Å². The number of amides is 1. The number of hydrogen-bond donors (Lipinski definition) is 3. The zero-order chi connectivity index (χ0) is 19.3. The lowest BCUT2D eigenvalue weighted by Crippen LogP contribution is -2.32. The highest BCUT2D eigenvalue weighted by molar-refractivity contribution is 7.89. The number of sulfonamides is 1. The van der Waals surface area contributed by atoms with E-state index in [1.807, 2.05) is 13.0 Å². The lowest BCUT2D eigenvalue weighted by atomic mass is 10.2. The molecule has 3 N–H and O–H groups in total. The van der Waals surface area contributed by atoms with Gasteiger partial charge in [0.05, 0.1) is 13.2 Å². The first-order valence-corrected chi connectivity index (χ1v) is 9.86. The van der Waals surface area contributed by atoms with Crippen molar-refractivity contribution in [1.29, 1.82) is 0 Å². The quantitative estimate of drug-likeness (QED) is 0.546. The number of hydrogen-bond acceptors (Lipinski definition) is 5. The molecule has 0 saturated carbocycles. The van der Waals surface area contributed by atoms with Gasteiger partial charge >= 0.3 is 0 Å². The van der Waals surface area contributed by atoms with E-state index in [0.717, 1.165) is 5.56 Å². The summed E-state index contributed by atoms with van der Waals surface area (Å²) < 4.78 is 32.6. The predicted molar refractivity (Wildman–Crippen MR) is 102 cm³/mol. The summed E-state index contributed by atoms with van der Waals surface area (Å²) in [6.07, 6.45) is 2.92. The van der Waals surface area contributed by atoms with Crippen molar-refractivity contribution in [2.75, 3.05) is 18.5 Å². The molecule has 2 aromatic heterocycles. The first-order valence-electron chi connectivity index (χ1n) is 8.38. The number of nitrogens with zero attached hydrogens (tertiary/aromatic N) is 1. The highest BCUT2D eigenvalue weighted by Gasteiger charge is 2.20. The molecular weight excluding hydrogens is 368 g/mol. The van der Waals surface area contributed by atoms with Crippen LogP contribution in [0.15, 0.2) is 53.7 Å². The number of pyridine rings is 1. The average Bonchev–Trinajstić information content (AvgIpc) is 3.10. The lowest BCUT2D eigenvalue weighted by molar-refractivity contribution is -0.115. The predicted octanol–water partition coefficient (Wildman–Crippen LogP) is 2.02. The van der Waals surface area contributed by atoms with E-state index < -0.39 is 15.9 Å². The molecule has 0 unspecified atom stereocenters. The van der Waals surface area contributed by atoms with Gasteiger partial charge in [0.1, 0.15) is 10.5 Å². The van der Waals surface area contributed by atoms with Gasteiger partial charge in [-0.1, -0.05) is 12.1 Å². The third kappa shape index (κ3) is 4.70. The molecule has 1 aromatic carbocycles. The Balaban J connectivity index is 1.63. The Bertz CT molecular complexity index is 1050. The van der Waals surface area contributed by atoms with E-state index in [1.165, 1.54) is 6.20 Å². The Labute approximate surface area is 157 Å². The van der Waals surface area contributed by atoms with Crippen molar-refractivity contribution >= 4 is 32.7 Å². The molecule has 142 valence electrons. The number of carbonyl (C=O) groups is 1. The number of aromatic amines is 1. The van der Waals surface area contributed by atoms with E-state index in [1.54, 1.807) is 36.5 Å². The summed E-state index contributed by atoms with van der Waals surface area (Å²) >= 11 is 0. The van der Waals surface area contributed by atoms with Gasteiger partial charge < -0.3 is 15.0 Å². The van der Waals surface area contributed by atoms with E-state index in [-0.39, 0.29) is 11.4 Å². The highest BCUT2D eigenvalue weighted by Crippen LogP contribution is 2.20. The summed E-state index contributed by atoms with van der Waals surface area (Å²) in [7, 11) is -3.85. The molecule has 0 fully saturated rings. The Hall–Kier alpha value is -2.75. The van der Waals surface area contributed by atoms with Crippen LogP contribution in [0.3, 0.4) is 0 Å². The van der Waals surface area contributed by atoms with Crippen LogP contribution in [0.5, 0.6) is 0 Å². The SMILES string of the molecule is CCOCc1cccc(NC(=O)CNS(=O)(=O)c2c[nH]c3ncccc23)c1. The number of benzene rings is 1. The van der Waals surface area contributed by atoms with Crippen LogP contribution in [0, 0.1) is 0 Å². The van der Waals surface area contributed by atoms with Crippen molar-refractivity contribution in [3.63, 3.8) is 0 Å². The monoisotopic (exact) mass is 388 g/mol. The fourth-order valence-corrected chi connectivity index (χ4v) is 3.70. The lowest BCUT2D eigenvalue weighted by Gasteiger charge is -2.09. The molecule has 0 saturated heterocycles. The maximum atomic E-state index is 12.5. The molecule has 9 heteroatoms. The molecule has 2 heterocycles. The molecular formula is C18H20N4O4S. The van der Waals surface area contributed by atoms with E-state index in [9.17, 15) is 13.2 Å². The molecule has 0 aliphatic carbocycles. The molecule has 0 radical (unpaired) electrons. The van der Waals surface area contributed by atoms with Gasteiger partial charge in [-0.2, -0.15) is 0 Å². The maximum absolute atomic E-state index is 12.5. The van der Waals surface area contributed by atoms with E-state index in [0.29, 0.717) is 29.9 Å². The minimum absolute atomic E-state index is 0.0529. The molecule has 0 spiro atoms. The average molecular weight is 388 g/mol. The van der Waals surface area contributed by atoms with E-state index in [4.69, 9.17) is 4.74 Å². The van der Waals surface area contributed by atoms with Crippen LogP contribution in [0.2, 0.25) is 0 Å². The van der Waals surface area contributed by atoms with Crippen LogP contribution in [-0.4, -0.2) is 37.4 Å². The summed E-state index contributed by atoms with van der Waals surface area (Å²) in [6, 6.07) is 10.5. The number of carbonyl (C=O) groups excluding carboxylic acids is 1. The number of fused-ring (bicyclic) bond motifs is 1. The Kier molecular flexibility index (Phi) is 5.84. The van der Waals surface area contributed by atoms with Crippen molar-refractivity contribution in [2.45, 2.75) is 18.4 Å². The van der Waals surface area contributed by atoms with Crippen LogP contribution in [0.1, 0.15) is 12.5 Å². The topological polar surface area (TPSA) is 113 Å². The van der Waals surface area contributed by atoms with Gasteiger partial charge in [0, 0.05) is 30.1 Å². The molecule has 0 bridgehead atoms. The summed E-state index contributed by atoms with van der Waals surface area (Å²) in [5.41, 5.74) is 1.96. The largest absolute Gasteiger partial charge is 0.377 e. The van der Waals surface area contributed by atoms with Crippen LogP contribution < -0.4 is 10.0 Å². The van der Waals surface area contributed by atoms with Gasteiger partial charge in [0.2, 0.25) is 15.9 Å². The first kappa shape index (κ1) is 19.0. The Morgan fingerprint density at radius 2 is 2.11 bits per heavy atom. The number of anilines is 1. The van der Waals surface area contributed by atoms with Crippen LogP contribution in [0.25, 0.3) is 11.0 Å². The Morgan fingerprint density at radius 1 is 1.26 bits per heavy atom. The van der Waals surface area contributed by atoms with Crippen LogP contribution in [-0.2, 0) is 26.2 Å². The molecule has 0 atom stereocenters. The minimum Gasteiger partial charge on any atom is -0.377 e. The standard InChI is InChI=1S/C18H20N4O4S/c1-2-26-12-13-5-3-6-14(9-13)22-17(23)11-21-27(24,25)16-10-20-18-15(16)7-4-8-19-18/h3-10,21H,2,11-12H2,1H3,(H,19,20)(H,22,23). The second-order valence-electron chi connectivity index (χ2n) is 5.76. The highest BCUT2D eigenvalue weighted by atomic mass is 32.2. The molecule has 3 aromatic rings. The summed E-state index contributed by atoms with van der Waals surface area (Å²) in [5, 5.41) is 3.14. The van der Waals surface area contributed by atoms with Crippen molar-refractivity contribution in [2.24, 2.45) is 0 Å². The van der Waals surface area contributed by atoms with Crippen LogP contribution >= 0.6 is 0 Å². The van der Waals surface area contributed by atoms with Gasteiger partial charge in [0.15, 0.2) is 0 Å². The van der Waals surface area contributed by atoms with E-state index >= 15 is 0 Å². The second kappa shape index (κ2) is 8.30. The number of rotatable bonds is 8. The van der Waals surface area contributed by atoms with Crippen molar-refractivity contribution < 1.29 is 17.9 Å². The number of nitrogens with one attached hydrogen (secondary N) is 3. The van der Waals surface area contributed by atoms with Crippen molar-refractivity contribution in [3.05, 3.63) is 54.4 Å². The number of ether oxygens (including phenoxy) is 1. The third-order valence-electron chi connectivity index (χ3n) is 3.81. The zero-order valence-electron chi connectivity index (χ0n) is 14.7. The van der Waals surface area contributed by atoms with Gasteiger partial charge in [-0.15, -0.1) is 0 Å².